The molecule has 3 aromatic carbocycles. The van der Waals surface area contributed by atoms with Gasteiger partial charge in [-0.05, 0) is 29.3 Å². The van der Waals surface area contributed by atoms with E-state index in [1.807, 2.05) is 49.4 Å². The number of nitrogens with zero attached hydrogens (tertiary/aromatic N) is 3. The lowest BCUT2D eigenvalue weighted by atomic mass is 10.0. The van der Waals surface area contributed by atoms with Crippen LogP contribution in [0.3, 0.4) is 0 Å². The van der Waals surface area contributed by atoms with Crippen LogP contribution >= 0.6 is 11.6 Å². The Hall–Kier alpha value is -2.73. The molecule has 5 nitrogen and oxygen atoms in total. The van der Waals surface area contributed by atoms with Crippen molar-refractivity contribution in [3.05, 3.63) is 82.9 Å². The van der Waals surface area contributed by atoms with Gasteiger partial charge in [0.2, 0.25) is 0 Å². The topological polar surface area (TPSA) is 47.9 Å². The summed E-state index contributed by atoms with van der Waals surface area (Å²) in [5.41, 5.74) is 5.71. The van der Waals surface area contributed by atoms with Gasteiger partial charge in [0.15, 0.2) is 0 Å². The highest BCUT2D eigenvalue weighted by atomic mass is 35.5. The van der Waals surface area contributed by atoms with Crippen LogP contribution in [0.5, 0.6) is 0 Å². The largest absolute Gasteiger partial charge is 0.296 e. The summed E-state index contributed by atoms with van der Waals surface area (Å²) >= 11 is 6.28. The Morgan fingerprint density at radius 1 is 0.935 bits per heavy atom. The van der Waals surface area contributed by atoms with E-state index >= 15 is 0 Å². The number of carbonyl (C=O) groups excluding carboxylic acids is 1. The summed E-state index contributed by atoms with van der Waals surface area (Å²) < 4.78 is 0. The van der Waals surface area contributed by atoms with Crippen LogP contribution in [0.4, 0.5) is 0 Å². The van der Waals surface area contributed by atoms with E-state index in [2.05, 4.69) is 44.6 Å². The number of nitrogens with one attached hydrogen (secondary N) is 1. The van der Waals surface area contributed by atoms with E-state index in [4.69, 9.17) is 11.6 Å². The van der Waals surface area contributed by atoms with E-state index in [-0.39, 0.29) is 5.91 Å². The minimum Gasteiger partial charge on any atom is -0.296 e. The molecule has 6 heteroatoms. The lowest BCUT2D eigenvalue weighted by molar-refractivity contribution is -0.122. The number of hydrazone groups is 1. The maximum Gasteiger partial charge on any atom is 0.254 e. The van der Waals surface area contributed by atoms with E-state index in [0.717, 1.165) is 65.4 Å². The van der Waals surface area contributed by atoms with Crippen LogP contribution in [0, 0.1) is 0 Å². The van der Waals surface area contributed by atoms with E-state index in [0.29, 0.717) is 6.54 Å². The van der Waals surface area contributed by atoms with Crippen LogP contribution in [0.2, 0.25) is 5.02 Å². The van der Waals surface area contributed by atoms with E-state index in [1.165, 1.54) is 0 Å². The van der Waals surface area contributed by atoms with Crippen molar-refractivity contribution in [1.82, 2.24) is 15.2 Å². The number of benzene rings is 3. The molecule has 0 atom stereocenters. The van der Waals surface area contributed by atoms with Crippen molar-refractivity contribution >= 4 is 34.0 Å². The Morgan fingerprint density at radius 3 is 2.42 bits per heavy atom. The zero-order chi connectivity index (χ0) is 21.6. The fraction of sp³-hybridized carbons (Fsp3) is 0.280. The number of carbonyl (C=O) groups is 1. The van der Waals surface area contributed by atoms with E-state index in [9.17, 15) is 4.79 Å². The SMILES string of the molecule is C/C(=N/NC(=O)CN1CCN(Cc2ccccc2Cl)CC1)c1cccc2ccccc12. The summed E-state index contributed by atoms with van der Waals surface area (Å²) in [4.78, 5) is 17.0. The summed E-state index contributed by atoms with van der Waals surface area (Å²) in [6.07, 6.45) is 0. The predicted molar refractivity (Wildman–Crippen MR) is 127 cm³/mol. The molecule has 1 amide bonds. The van der Waals surface area contributed by atoms with Crippen LogP contribution in [-0.4, -0.2) is 54.1 Å². The first-order valence-electron chi connectivity index (χ1n) is 10.6. The molecule has 1 N–H and O–H groups in total. The molecule has 160 valence electrons. The molecule has 1 heterocycles. The molecule has 1 aliphatic rings. The third-order valence-corrected chi connectivity index (χ3v) is 6.08. The van der Waals surface area contributed by atoms with Gasteiger partial charge in [-0.3, -0.25) is 14.6 Å². The van der Waals surface area contributed by atoms with Crippen LogP contribution in [0.15, 0.2) is 71.8 Å². The number of hydrogen-bond acceptors (Lipinski definition) is 4. The summed E-state index contributed by atoms with van der Waals surface area (Å²) in [6, 6.07) is 22.3. The zero-order valence-electron chi connectivity index (χ0n) is 17.7. The second-order valence-electron chi connectivity index (χ2n) is 7.90. The second kappa shape index (κ2) is 10.1. The molecule has 31 heavy (non-hydrogen) atoms. The summed E-state index contributed by atoms with van der Waals surface area (Å²) in [5, 5.41) is 7.46. The number of hydrogen-bond donors (Lipinski definition) is 1. The fourth-order valence-corrected chi connectivity index (χ4v) is 4.15. The molecule has 1 saturated heterocycles. The van der Waals surface area contributed by atoms with Gasteiger partial charge in [0.05, 0.1) is 12.3 Å². The maximum atomic E-state index is 12.4. The molecule has 0 radical (unpaired) electrons. The van der Waals surface area contributed by atoms with E-state index < -0.39 is 0 Å². The van der Waals surface area contributed by atoms with Crippen molar-refractivity contribution in [3.8, 4) is 0 Å². The molecule has 3 aromatic rings. The Kier molecular flexibility index (Phi) is 6.97. The number of fused-ring (bicyclic) bond motifs is 1. The van der Waals surface area contributed by atoms with Gasteiger partial charge in [0.1, 0.15) is 0 Å². The molecule has 1 fully saturated rings. The number of halogens is 1. The molecule has 0 saturated carbocycles. The lowest BCUT2D eigenvalue weighted by Gasteiger charge is -2.34. The monoisotopic (exact) mass is 434 g/mol. The molecule has 0 unspecified atom stereocenters. The molecule has 0 bridgehead atoms. The van der Waals surface area contributed by atoms with Gasteiger partial charge in [0, 0.05) is 43.3 Å². The maximum absolute atomic E-state index is 12.4. The van der Waals surface area contributed by atoms with Gasteiger partial charge in [0.25, 0.3) is 5.91 Å². The van der Waals surface area contributed by atoms with Crippen LogP contribution in [0.1, 0.15) is 18.1 Å². The van der Waals surface area contributed by atoms with Crippen molar-refractivity contribution in [2.45, 2.75) is 13.5 Å². The van der Waals surface area contributed by atoms with Gasteiger partial charge < -0.3 is 0 Å². The first-order chi connectivity index (χ1) is 15.1. The molecule has 0 spiro atoms. The molecular weight excluding hydrogens is 408 g/mol. The minimum atomic E-state index is -0.0841. The molecule has 0 aliphatic carbocycles. The lowest BCUT2D eigenvalue weighted by Crippen LogP contribution is -2.48. The molecule has 4 rings (SSSR count). The van der Waals surface area contributed by atoms with Gasteiger partial charge in [-0.2, -0.15) is 5.10 Å². The van der Waals surface area contributed by atoms with Crippen LogP contribution < -0.4 is 5.43 Å². The van der Waals surface area contributed by atoms with Crippen molar-refractivity contribution < 1.29 is 4.79 Å². The van der Waals surface area contributed by atoms with Gasteiger partial charge in [-0.25, -0.2) is 5.43 Å². The highest BCUT2D eigenvalue weighted by Crippen LogP contribution is 2.19. The average molecular weight is 435 g/mol. The molecule has 0 aromatic heterocycles. The Balaban J connectivity index is 1.28. The first kappa shape index (κ1) is 21.5. The molecule has 1 aliphatic heterocycles. The predicted octanol–water partition coefficient (Wildman–Crippen LogP) is 4.15. The van der Waals surface area contributed by atoms with E-state index in [1.54, 1.807) is 0 Å². The van der Waals surface area contributed by atoms with Gasteiger partial charge in [-0.15, -0.1) is 0 Å². The minimum absolute atomic E-state index is 0.0841. The normalized spacial score (nSPS) is 15.9. The number of rotatable bonds is 6. The van der Waals surface area contributed by atoms with Gasteiger partial charge >= 0.3 is 0 Å². The highest BCUT2D eigenvalue weighted by Gasteiger charge is 2.19. The smallest absolute Gasteiger partial charge is 0.254 e. The van der Waals surface area contributed by atoms with Crippen molar-refractivity contribution in [1.29, 1.82) is 0 Å². The third-order valence-electron chi connectivity index (χ3n) is 5.71. The van der Waals surface area contributed by atoms with Gasteiger partial charge in [-0.1, -0.05) is 72.3 Å². The average Bonchev–Trinajstić information content (AvgIpc) is 2.80. The van der Waals surface area contributed by atoms with Crippen molar-refractivity contribution in [2.75, 3.05) is 32.7 Å². The first-order valence-corrected chi connectivity index (χ1v) is 11.0. The Bertz CT molecular complexity index is 1080. The number of amides is 1. The quantitative estimate of drug-likeness (QED) is 0.468. The standard InChI is InChI=1S/C25H27ClN4O/c1-19(22-11-6-9-20-7-2-4-10-23(20)22)27-28-25(31)18-30-15-13-29(14-16-30)17-21-8-3-5-12-24(21)26/h2-12H,13-18H2,1H3,(H,28,31)/b27-19-. The zero-order valence-corrected chi connectivity index (χ0v) is 18.5. The Morgan fingerprint density at radius 2 is 1.61 bits per heavy atom. The van der Waals surface area contributed by atoms with Crippen molar-refractivity contribution in [2.24, 2.45) is 5.10 Å². The fourth-order valence-electron chi connectivity index (χ4n) is 3.96. The molecular formula is C25H27ClN4O. The van der Waals surface area contributed by atoms with Crippen LogP contribution in [-0.2, 0) is 11.3 Å². The number of piperazine rings is 1. The third kappa shape index (κ3) is 5.50. The van der Waals surface area contributed by atoms with Crippen molar-refractivity contribution in [3.63, 3.8) is 0 Å². The second-order valence-corrected chi connectivity index (χ2v) is 8.31. The van der Waals surface area contributed by atoms with Crippen LogP contribution in [0.25, 0.3) is 10.8 Å². The summed E-state index contributed by atoms with van der Waals surface area (Å²) in [6.45, 7) is 6.65. The highest BCUT2D eigenvalue weighted by molar-refractivity contribution is 6.31. The summed E-state index contributed by atoms with van der Waals surface area (Å²) in [7, 11) is 0. The Labute approximate surface area is 188 Å². The summed E-state index contributed by atoms with van der Waals surface area (Å²) in [5.74, 6) is -0.0841.